The third-order valence-corrected chi connectivity index (χ3v) is 3.68. The van der Waals surface area contributed by atoms with Crippen molar-refractivity contribution in [1.82, 2.24) is 14.5 Å². The van der Waals surface area contributed by atoms with Gasteiger partial charge in [-0.3, -0.25) is 19.0 Å². The summed E-state index contributed by atoms with van der Waals surface area (Å²) in [4.78, 5) is 52.4. The number of rotatable bonds is 4. The van der Waals surface area contributed by atoms with Gasteiger partial charge in [-0.15, -0.1) is 0 Å². The Hall–Kier alpha value is -2.90. The normalized spacial score (nSPS) is 11.4. The van der Waals surface area contributed by atoms with E-state index in [2.05, 4.69) is 4.98 Å². The summed E-state index contributed by atoms with van der Waals surface area (Å²) in [6.07, 6.45) is 0. The number of nitrogens with zero attached hydrogens (tertiary/aromatic N) is 2. The third-order valence-electron chi connectivity index (χ3n) is 3.68. The van der Waals surface area contributed by atoms with E-state index >= 15 is 0 Å². The van der Waals surface area contributed by atoms with E-state index in [9.17, 15) is 19.2 Å². The highest BCUT2D eigenvalue weighted by atomic mass is 16.6. The van der Waals surface area contributed by atoms with Crippen molar-refractivity contribution in [1.29, 1.82) is 0 Å². The number of aromatic amines is 1. The summed E-state index contributed by atoms with van der Waals surface area (Å²) in [5.74, 6) is -0.938. The zero-order valence-electron chi connectivity index (χ0n) is 15.6. The summed E-state index contributed by atoms with van der Waals surface area (Å²) in [7, 11) is 1.48. The first-order valence-corrected chi connectivity index (χ1v) is 8.27. The van der Waals surface area contributed by atoms with Gasteiger partial charge in [-0.2, -0.15) is 0 Å². The molecule has 1 N–H and O–H groups in total. The fourth-order valence-electron chi connectivity index (χ4n) is 2.53. The number of amides is 1. The maximum atomic E-state index is 12.5. The molecule has 0 radical (unpaired) electrons. The van der Waals surface area contributed by atoms with Crippen molar-refractivity contribution in [2.24, 2.45) is 0 Å². The zero-order chi connectivity index (χ0) is 19.6. The van der Waals surface area contributed by atoms with Crippen molar-refractivity contribution in [3.8, 4) is 0 Å². The van der Waals surface area contributed by atoms with Crippen LogP contribution in [0.3, 0.4) is 0 Å². The van der Waals surface area contributed by atoms with Gasteiger partial charge in [-0.05, 0) is 45.9 Å². The van der Waals surface area contributed by atoms with E-state index in [0.717, 1.165) is 4.57 Å². The summed E-state index contributed by atoms with van der Waals surface area (Å²) >= 11 is 0. The lowest BCUT2D eigenvalue weighted by Gasteiger charge is -2.22. The maximum Gasteiger partial charge on any atom is 0.328 e. The Kier molecular flexibility index (Phi) is 5.34. The molecule has 1 amide bonds. The van der Waals surface area contributed by atoms with Crippen molar-refractivity contribution in [3.63, 3.8) is 0 Å². The Morgan fingerprint density at radius 1 is 1.23 bits per heavy atom. The molecule has 0 spiro atoms. The molecule has 0 fully saturated rings. The van der Waals surface area contributed by atoms with E-state index in [1.165, 1.54) is 30.1 Å². The van der Waals surface area contributed by atoms with E-state index in [0.29, 0.717) is 5.39 Å². The number of carbonyl (C=O) groups is 2. The largest absolute Gasteiger partial charge is 0.459 e. The molecule has 1 heterocycles. The molecule has 0 aliphatic rings. The second-order valence-corrected chi connectivity index (χ2v) is 6.99. The molecule has 2 aromatic rings. The Balaban J connectivity index is 2.29. The van der Waals surface area contributed by atoms with Crippen LogP contribution in [0.2, 0.25) is 0 Å². The Bertz CT molecular complexity index is 965. The lowest BCUT2D eigenvalue weighted by Crippen LogP contribution is -2.36. The van der Waals surface area contributed by atoms with Crippen LogP contribution in [0.15, 0.2) is 27.8 Å². The summed E-state index contributed by atoms with van der Waals surface area (Å²) in [5.41, 5.74) is -1.04. The maximum absolute atomic E-state index is 12.5. The van der Waals surface area contributed by atoms with Crippen molar-refractivity contribution < 1.29 is 14.3 Å². The number of nitrogens with one attached hydrogen (secondary N) is 1. The number of hydrogen-bond acceptors (Lipinski definition) is 5. The fourth-order valence-corrected chi connectivity index (χ4v) is 2.53. The highest BCUT2D eigenvalue weighted by Crippen LogP contribution is 2.12. The minimum absolute atomic E-state index is 0.206. The molecule has 8 heteroatoms. The SMILES string of the molecule is CCn1c(=O)[nH]c2cc(C(=O)N(C)CC(=O)OC(C)(C)C)ccc2c1=O. The molecule has 140 valence electrons. The summed E-state index contributed by atoms with van der Waals surface area (Å²) < 4.78 is 6.28. The van der Waals surface area contributed by atoms with Gasteiger partial charge in [0.1, 0.15) is 12.1 Å². The van der Waals surface area contributed by atoms with Gasteiger partial charge in [0.05, 0.1) is 10.9 Å². The molecular weight excluding hydrogens is 338 g/mol. The lowest BCUT2D eigenvalue weighted by molar-refractivity contribution is -0.155. The van der Waals surface area contributed by atoms with E-state index in [1.54, 1.807) is 27.7 Å². The van der Waals surface area contributed by atoms with Crippen molar-refractivity contribution in [2.75, 3.05) is 13.6 Å². The Morgan fingerprint density at radius 2 is 1.88 bits per heavy atom. The smallest absolute Gasteiger partial charge is 0.328 e. The lowest BCUT2D eigenvalue weighted by atomic mass is 10.1. The number of benzene rings is 1. The van der Waals surface area contributed by atoms with Crippen LogP contribution < -0.4 is 11.2 Å². The van der Waals surface area contributed by atoms with Crippen LogP contribution in [-0.2, 0) is 16.1 Å². The minimum Gasteiger partial charge on any atom is -0.459 e. The predicted molar refractivity (Wildman–Crippen MR) is 97.3 cm³/mol. The average molecular weight is 361 g/mol. The van der Waals surface area contributed by atoms with Gasteiger partial charge in [0.15, 0.2) is 0 Å². The predicted octanol–water partition coefficient (Wildman–Crippen LogP) is 1.12. The molecule has 0 aliphatic carbocycles. The number of likely N-dealkylation sites (N-methyl/N-ethyl adjacent to an activating group) is 1. The first-order valence-electron chi connectivity index (χ1n) is 8.27. The molecule has 0 unspecified atom stereocenters. The van der Waals surface area contributed by atoms with Crippen LogP contribution >= 0.6 is 0 Å². The van der Waals surface area contributed by atoms with Crippen LogP contribution in [0.5, 0.6) is 0 Å². The summed E-state index contributed by atoms with van der Waals surface area (Å²) in [6.45, 7) is 6.98. The van der Waals surface area contributed by atoms with Gasteiger partial charge in [-0.1, -0.05) is 0 Å². The van der Waals surface area contributed by atoms with Gasteiger partial charge in [0, 0.05) is 19.2 Å². The van der Waals surface area contributed by atoms with E-state index in [4.69, 9.17) is 4.74 Å². The molecule has 2 rings (SSSR count). The molecule has 0 saturated heterocycles. The van der Waals surface area contributed by atoms with Crippen LogP contribution in [0.4, 0.5) is 0 Å². The second kappa shape index (κ2) is 7.15. The molecule has 0 saturated carbocycles. The third kappa shape index (κ3) is 4.19. The number of hydrogen-bond donors (Lipinski definition) is 1. The molecule has 1 aromatic carbocycles. The number of fused-ring (bicyclic) bond motifs is 1. The monoisotopic (exact) mass is 361 g/mol. The van der Waals surface area contributed by atoms with Gasteiger partial charge < -0.3 is 14.6 Å². The minimum atomic E-state index is -0.636. The van der Waals surface area contributed by atoms with Crippen molar-refractivity contribution in [3.05, 3.63) is 44.6 Å². The topological polar surface area (TPSA) is 101 Å². The number of carbonyl (C=O) groups excluding carboxylic acids is 2. The van der Waals surface area contributed by atoms with E-state index in [-0.39, 0.29) is 24.2 Å². The molecule has 0 atom stereocenters. The van der Waals surface area contributed by atoms with Gasteiger partial charge in [0.2, 0.25) is 0 Å². The standard InChI is InChI=1S/C18H23N3O5/c1-6-21-16(24)12-8-7-11(9-13(12)19-17(21)25)15(23)20(5)10-14(22)26-18(2,3)4/h7-9H,6,10H2,1-5H3,(H,19,25). The number of ether oxygens (including phenoxy) is 1. The summed E-state index contributed by atoms with van der Waals surface area (Å²) in [6, 6.07) is 4.43. The van der Waals surface area contributed by atoms with Crippen LogP contribution in [0.1, 0.15) is 38.1 Å². The highest BCUT2D eigenvalue weighted by molar-refractivity contribution is 5.98. The Morgan fingerprint density at radius 3 is 2.46 bits per heavy atom. The average Bonchev–Trinajstić information content (AvgIpc) is 2.52. The number of H-pyrrole nitrogens is 1. The van der Waals surface area contributed by atoms with E-state index in [1.807, 2.05) is 0 Å². The van der Waals surface area contributed by atoms with Crippen LogP contribution in [-0.4, -0.2) is 45.5 Å². The van der Waals surface area contributed by atoms with Gasteiger partial charge >= 0.3 is 11.7 Å². The first kappa shape index (κ1) is 19.4. The molecule has 0 bridgehead atoms. The first-order chi connectivity index (χ1) is 12.0. The van der Waals surface area contributed by atoms with E-state index < -0.39 is 28.7 Å². The molecular formula is C18H23N3O5. The Labute approximate surface area is 150 Å². The number of esters is 1. The molecule has 1 aromatic heterocycles. The quantitative estimate of drug-likeness (QED) is 0.823. The van der Waals surface area contributed by atoms with Crippen molar-refractivity contribution >= 4 is 22.8 Å². The summed E-state index contributed by atoms with van der Waals surface area (Å²) in [5, 5.41) is 0.317. The van der Waals surface area contributed by atoms with Gasteiger partial charge in [0.25, 0.3) is 11.5 Å². The molecule has 0 aliphatic heterocycles. The highest BCUT2D eigenvalue weighted by Gasteiger charge is 2.21. The van der Waals surface area contributed by atoms with Crippen molar-refractivity contribution in [2.45, 2.75) is 39.8 Å². The van der Waals surface area contributed by atoms with Crippen LogP contribution in [0.25, 0.3) is 10.9 Å². The zero-order valence-corrected chi connectivity index (χ0v) is 15.6. The van der Waals surface area contributed by atoms with Gasteiger partial charge in [-0.25, -0.2) is 4.79 Å². The molecule has 8 nitrogen and oxygen atoms in total. The molecule has 26 heavy (non-hydrogen) atoms. The second-order valence-electron chi connectivity index (χ2n) is 6.99. The van der Waals surface area contributed by atoms with Crippen LogP contribution in [0, 0.1) is 0 Å². The number of aromatic nitrogens is 2. The fraction of sp³-hybridized carbons (Fsp3) is 0.444.